The van der Waals surface area contributed by atoms with Crippen LogP contribution < -0.4 is 10.5 Å². The van der Waals surface area contributed by atoms with Crippen molar-refractivity contribution in [3.05, 3.63) is 88.3 Å². The molecule has 5 heteroatoms. The molecular weight excluding hydrogens is 448 g/mol. The molecule has 0 aliphatic heterocycles. The topological polar surface area (TPSA) is 48.1 Å². The van der Waals surface area contributed by atoms with E-state index in [1.54, 1.807) is 0 Å². The summed E-state index contributed by atoms with van der Waals surface area (Å²) < 4.78 is 6.25. The van der Waals surface area contributed by atoms with Crippen LogP contribution in [0.1, 0.15) is 49.1 Å². The molecule has 0 saturated heterocycles. The van der Waals surface area contributed by atoms with Crippen LogP contribution in [-0.2, 0) is 6.61 Å². The van der Waals surface area contributed by atoms with Gasteiger partial charge in [-0.15, -0.1) is 11.3 Å². The number of rotatable bonds is 6. The average Bonchev–Trinajstić information content (AvgIpc) is 3.30. The summed E-state index contributed by atoms with van der Waals surface area (Å²) in [6, 6.07) is 23.0. The van der Waals surface area contributed by atoms with E-state index in [1.165, 1.54) is 49.0 Å². The van der Waals surface area contributed by atoms with Gasteiger partial charge in [0.05, 0.1) is 5.69 Å². The third-order valence-electron chi connectivity index (χ3n) is 6.43. The number of hydrogen-bond acceptors (Lipinski definition) is 4. The van der Waals surface area contributed by atoms with Crippen LogP contribution in [0.15, 0.2) is 72.1 Å². The van der Waals surface area contributed by atoms with Crippen molar-refractivity contribution in [2.45, 2.75) is 44.6 Å². The largest absolute Gasteiger partial charge is 0.489 e. The number of halogens is 1. The number of hydrogen-bond donors (Lipinski definition) is 1. The van der Waals surface area contributed by atoms with E-state index in [0.717, 1.165) is 38.7 Å². The number of anilines is 1. The fraction of sp³-hybridized carbons (Fsp3) is 0.250. The van der Waals surface area contributed by atoms with E-state index in [0.29, 0.717) is 17.7 Å². The summed E-state index contributed by atoms with van der Waals surface area (Å²) in [7, 11) is 0. The van der Waals surface area contributed by atoms with Crippen molar-refractivity contribution in [3.63, 3.8) is 0 Å². The Balaban J connectivity index is 1.39. The van der Waals surface area contributed by atoms with Crippen LogP contribution in [-0.4, -0.2) is 4.98 Å². The van der Waals surface area contributed by atoms with E-state index in [1.807, 2.05) is 29.6 Å². The maximum absolute atomic E-state index is 6.25. The highest BCUT2D eigenvalue weighted by Gasteiger charge is 2.15. The van der Waals surface area contributed by atoms with E-state index in [4.69, 9.17) is 22.1 Å². The predicted octanol–water partition coefficient (Wildman–Crippen LogP) is 8.34. The van der Waals surface area contributed by atoms with Crippen molar-refractivity contribution in [2.24, 2.45) is 0 Å². The van der Waals surface area contributed by atoms with Crippen LogP contribution in [0.4, 0.5) is 5.13 Å². The zero-order valence-electron chi connectivity index (χ0n) is 18.5. The molecule has 1 aliphatic rings. The fourth-order valence-electron chi connectivity index (χ4n) is 4.64. The maximum Gasteiger partial charge on any atom is 0.180 e. The molecule has 1 aromatic heterocycles. The van der Waals surface area contributed by atoms with Crippen molar-refractivity contribution in [3.8, 4) is 28.1 Å². The molecule has 0 bridgehead atoms. The smallest absolute Gasteiger partial charge is 0.180 e. The predicted molar refractivity (Wildman–Crippen MR) is 139 cm³/mol. The van der Waals surface area contributed by atoms with Gasteiger partial charge in [0.2, 0.25) is 0 Å². The first kappa shape index (κ1) is 22.0. The van der Waals surface area contributed by atoms with Crippen LogP contribution in [0.2, 0.25) is 5.02 Å². The molecular formula is C28H27ClN2OS. The second-order valence-corrected chi connectivity index (χ2v) is 9.97. The number of nitrogen functional groups attached to an aromatic ring is 1. The highest BCUT2D eigenvalue weighted by atomic mass is 35.5. The number of nitrogens with zero attached hydrogens (tertiary/aromatic N) is 1. The van der Waals surface area contributed by atoms with Gasteiger partial charge in [-0.3, -0.25) is 0 Å². The van der Waals surface area contributed by atoms with Crippen molar-refractivity contribution < 1.29 is 4.74 Å². The van der Waals surface area contributed by atoms with Gasteiger partial charge in [-0.25, -0.2) is 4.98 Å². The summed E-state index contributed by atoms with van der Waals surface area (Å²) in [5.74, 6) is 1.59. The third kappa shape index (κ3) is 5.23. The molecule has 0 radical (unpaired) electrons. The van der Waals surface area contributed by atoms with Crippen molar-refractivity contribution >= 4 is 28.1 Å². The van der Waals surface area contributed by atoms with E-state index < -0.39 is 0 Å². The maximum atomic E-state index is 6.25. The number of aromatic nitrogens is 1. The van der Waals surface area contributed by atoms with Gasteiger partial charge in [0.25, 0.3) is 0 Å². The van der Waals surface area contributed by atoms with Gasteiger partial charge in [0.15, 0.2) is 5.13 Å². The molecule has 1 aliphatic carbocycles. The third-order valence-corrected chi connectivity index (χ3v) is 7.36. The fourth-order valence-corrected chi connectivity index (χ4v) is 5.34. The molecule has 1 heterocycles. The van der Waals surface area contributed by atoms with Crippen LogP contribution in [0.5, 0.6) is 5.75 Å². The standard InChI is InChI=1S/C28H27ClN2OS/c29-24-11-6-21(7-12-24)26-15-10-22(27-18-33-28(30)31-27)16-23(26)17-32-25-13-8-20(9-14-25)19-4-2-1-3-5-19/h6-16,18-19H,1-5,17H2,(H2,30,31). The second kappa shape index (κ2) is 9.98. The molecule has 0 unspecified atom stereocenters. The van der Waals surface area contributed by atoms with Crippen LogP contribution in [0.25, 0.3) is 22.4 Å². The Labute approximate surface area is 204 Å². The van der Waals surface area contributed by atoms with Gasteiger partial charge in [-0.05, 0) is 71.3 Å². The number of thiazole rings is 1. The van der Waals surface area contributed by atoms with E-state index in [2.05, 4.69) is 47.4 Å². The van der Waals surface area contributed by atoms with Gasteiger partial charge in [0.1, 0.15) is 12.4 Å². The van der Waals surface area contributed by atoms with Gasteiger partial charge >= 0.3 is 0 Å². The first-order chi connectivity index (χ1) is 16.2. The summed E-state index contributed by atoms with van der Waals surface area (Å²) in [5, 5.41) is 3.29. The van der Waals surface area contributed by atoms with Gasteiger partial charge < -0.3 is 10.5 Å². The lowest BCUT2D eigenvalue weighted by Crippen LogP contribution is -2.04. The highest BCUT2D eigenvalue weighted by Crippen LogP contribution is 2.34. The SMILES string of the molecule is Nc1nc(-c2ccc(-c3ccc(Cl)cc3)c(COc3ccc(C4CCCCC4)cc3)c2)cs1. The molecule has 0 atom stereocenters. The Morgan fingerprint density at radius 1 is 0.909 bits per heavy atom. The molecule has 3 nitrogen and oxygen atoms in total. The normalized spacial score (nSPS) is 14.3. The molecule has 2 N–H and O–H groups in total. The van der Waals surface area contributed by atoms with Crippen LogP contribution in [0.3, 0.4) is 0 Å². The molecule has 0 amide bonds. The number of nitrogens with two attached hydrogens (primary N) is 1. The second-order valence-electron chi connectivity index (χ2n) is 8.64. The van der Waals surface area contributed by atoms with Gasteiger partial charge in [0, 0.05) is 16.0 Å². The minimum Gasteiger partial charge on any atom is -0.489 e. The van der Waals surface area contributed by atoms with Crippen LogP contribution >= 0.6 is 22.9 Å². The van der Waals surface area contributed by atoms with Crippen LogP contribution in [0, 0.1) is 0 Å². The Hall–Kier alpha value is -2.82. The minimum absolute atomic E-state index is 0.466. The van der Waals surface area contributed by atoms with Gasteiger partial charge in [-0.1, -0.05) is 67.3 Å². The lowest BCUT2D eigenvalue weighted by atomic mass is 9.84. The first-order valence-corrected chi connectivity index (χ1v) is 12.7. The van der Waals surface area contributed by atoms with Crippen molar-refractivity contribution in [1.29, 1.82) is 0 Å². The average molecular weight is 475 g/mol. The lowest BCUT2D eigenvalue weighted by Gasteiger charge is -2.22. The Kier molecular flexibility index (Phi) is 6.65. The quantitative estimate of drug-likeness (QED) is 0.305. The molecule has 33 heavy (non-hydrogen) atoms. The zero-order chi connectivity index (χ0) is 22.6. The molecule has 1 saturated carbocycles. The molecule has 4 aromatic rings. The van der Waals surface area contributed by atoms with Crippen molar-refractivity contribution in [1.82, 2.24) is 4.98 Å². The zero-order valence-corrected chi connectivity index (χ0v) is 20.0. The highest BCUT2D eigenvalue weighted by molar-refractivity contribution is 7.13. The molecule has 168 valence electrons. The van der Waals surface area contributed by atoms with Gasteiger partial charge in [-0.2, -0.15) is 0 Å². The van der Waals surface area contributed by atoms with Crippen molar-refractivity contribution in [2.75, 3.05) is 5.73 Å². The summed E-state index contributed by atoms with van der Waals surface area (Å²) in [5.41, 5.74) is 12.5. The number of ether oxygens (including phenoxy) is 1. The first-order valence-electron chi connectivity index (χ1n) is 11.5. The summed E-state index contributed by atoms with van der Waals surface area (Å²) >= 11 is 7.56. The van der Waals surface area contributed by atoms with E-state index in [-0.39, 0.29) is 0 Å². The van der Waals surface area contributed by atoms with E-state index >= 15 is 0 Å². The minimum atomic E-state index is 0.466. The lowest BCUT2D eigenvalue weighted by molar-refractivity contribution is 0.306. The Morgan fingerprint density at radius 2 is 1.64 bits per heavy atom. The summed E-state index contributed by atoms with van der Waals surface area (Å²) in [6.45, 7) is 0.466. The van der Waals surface area contributed by atoms with E-state index in [9.17, 15) is 0 Å². The molecule has 3 aromatic carbocycles. The summed E-state index contributed by atoms with van der Waals surface area (Å²) in [4.78, 5) is 4.45. The Bertz CT molecular complexity index is 1210. The molecule has 1 fully saturated rings. The Morgan fingerprint density at radius 3 is 2.33 bits per heavy atom. The number of benzene rings is 3. The molecule has 5 rings (SSSR count). The summed E-state index contributed by atoms with van der Waals surface area (Å²) in [6.07, 6.45) is 6.67. The molecule has 0 spiro atoms. The monoisotopic (exact) mass is 474 g/mol.